The first-order valence-electron chi connectivity index (χ1n) is 5.06. The minimum atomic E-state index is -0.456. The van der Waals surface area contributed by atoms with Crippen molar-refractivity contribution >= 4 is 11.5 Å². The lowest BCUT2D eigenvalue weighted by molar-refractivity contribution is 0.387. The third kappa shape index (κ3) is 2.35. The zero-order valence-electron chi connectivity index (χ0n) is 9.51. The molecule has 0 radical (unpaired) electrons. The Labute approximate surface area is 103 Å². The molecule has 90 valence electrons. The molecular formula is C12H9FN4O. The molecule has 2 aromatic rings. The van der Waals surface area contributed by atoms with Crippen molar-refractivity contribution in [2.45, 2.75) is 0 Å². The van der Waals surface area contributed by atoms with Crippen LogP contribution in [0.5, 0.6) is 5.75 Å². The average molecular weight is 244 g/mol. The zero-order chi connectivity index (χ0) is 13.0. The summed E-state index contributed by atoms with van der Waals surface area (Å²) in [4.78, 5) is 7.85. The van der Waals surface area contributed by atoms with Gasteiger partial charge in [0.2, 0.25) is 0 Å². The maximum Gasteiger partial charge on any atom is 0.183 e. The van der Waals surface area contributed by atoms with E-state index in [-0.39, 0.29) is 11.4 Å². The van der Waals surface area contributed by atoms with Crippen LogP contribution in [-0.4, -0.2) is 17.1 Å². The number of benzene rings is 1. The molecule has 0 aliphatic rings. The summed E-state index contributed by atoms with van der Waals surface area (Å²) in [5.41, 5.74) is 0.728. The largest absolute Gasteiger partial charge is 0.494 e. The SMILES string of the molecule is COc1cc(Nc2nccnc2C#N)ccc1F. The highest BCUT2D eigenvalue weighted by molar-refractivity contribution is 5.62. The summed E-state index contributed by atoms with van der Waals surface area (Å²) in [7, 11) is 1.38. The molecule has 1 N–H and O–H groups in total. The van der Waals surface area contributed by atoms with E-state index in [1.165, 1.54) is 37.7 Å². The number of nitrogens with zero attached hydrogens (tertiary/aromatic N) is 3. The standard InChI is InChI=1S/C12H9FN4O/c1-18-11-6-8(2-3-9(11)13)17-12-10(7-14)15-4-5-16-12/h2-6H,1H3,(H,16,17). The number of anilines is 2. The van der Waals surface area contributed by atoms with Crippen molar-refractivity contribution in [3.05, 3.63) is 42.1 Å². The second kappa shape index (κ2) is 5.10. The lowest BCUT2D eigenvalue weighted by Gasteiger charge is -2.08. The molecule has 0 saturated carbocycles. The Kier molecular flexibility index (Phi) is 3.34. The first-order valence-corrected chi connectivity index (χ1v) is 5.06. The van der Waals surface area contributed by atoms with Gasteiger partial charge in [0.25, 0.3) is 0 Å². The summed E-state index contributed by atoms with van der Waals surface area (Å²) in [5, 5.41) is 11.7. The molecule has 0 amide bonds. The third-order valence-corrected chi connectivity index (χ3v) is 2.22. The Morgan fingerprint density at radius 3 is 2.83 bits per heavy atom. The van der Waals surface area contributed by atoms with Gasteiger partial charge in [-0.05, 0) is 12.1 Å². The van der Waals surface area contributed by atoms with E-state index in [1.807, 2.05) is 6.07 Å². The van der Waals surface area contributed by atoms with E-state index in [1.54, 1.807) is 0 Å². The number of rotatable bonds is 3. The number of hydrogen-bond donors (Lipinski definition) is 1. The molecule has 5 nitrogen and oxygen atoms in total. The van der Waals surface area contributed by atoms with Gasteiger partial charge in [0.1, 0.15) is 6.07 Å². The molecular weight excluding hydrogens is 235 g/mol. The smallest absolute Gasteiger partial charge is 0.183 e. The van der Waals surface area contributed by atoms with Gasteiger partial charge in [-0.3, -0.25) is 0 Å². The Morgan fingerprint density at radius 2 is 2.11 bits per heavy atom. The molecule has 0 aliphatic carbocycles. The molecule has 1 heterocycles. The highest BCUT2D eigenvalue weighted by Gasteiger charge is 2.07. The molecule has 1 aromatic heterocycles. The zero-order valence-corrected chi connectivity index (χ0v) is 9.51. The molecule has 0 aliphatic heterocycles. The van der Waals surface area contributed by atoms with Gasteiger partial charge in [-0.15, -0.1) is 0 Å². The van der Waals surface area contributed by atoms with Crippen molar-refractivity contribution in [2.24, 2.45) is 0 Å². The monoisotopic (exact) mass is 244 g/mol. The first-order chi connectivity index (χ1) is 8.74. The maximum absolute atomic E-state index is 13.2. The Hall–Kier alpha value is -2.68. The Morgan fingerprint density at radius 1 is 1.33 bits per heavy atom. The topological polar surface area (TPSA) is 70.8 Å². The van der Waals surface area contributed by atoms with Gasteiger partial charge in [-0.25, -0.2) is 14.4 Å². The van der Waals surface area contributed by atoms with E-state index in [4.69, 9.17) is 10.00 Å². The lowest BCUT2D eigenvalue weighted by atomic mass is 10.3. The third-order valence-electron chi connectivity index (χ3n) is 2.22. The van der Waals surface area contributed by atoms with Crippen LogP contribution < -0.4 is 10.1 Å². The lowest BCUT2D eigenvalue weighted by Crippen LogP contribution is -1.99. The van der Waals surface area contributed by atoms with Crippen LogP contribution in [0.25, 0.3) is 0 Å². The highest BCUT2D eigenvalue weighted by Crippen LogP contribution is 2.24. The van der Waals surface area contributed by atoms with Crippen LogP contribution in [0.2, 0.25) is 0 Å². The maximum atomic E-state index is 13.2. The van der Waals surface area contributed by atoms with Crippen LogP contribution in [0.1, 0.15) is 5.69 Å². The van der Waals surface area contributed by atoms with Gasteiger partial charge in [0, 0.05) is 24.1 Å². The van der Waals surface area contributed by atoms with Crippen LogP contribution in [0, 0.1) is 17.1 Å². The van der Waals surface area contributed by atoms with Gasteiger partial charge in [-0.2, -0.15) is 5.26 Å². The van der Waals surface area contributed by atoms with E-state index >= 15 is 0 Å². The Balaban J connectivity index is 2.32. The minimum absolute atomic E-state index is 0.113. The second-order valence-electron chi connectivity index (χ2n) is 3.34. The first kappa shape index (κ1) is 11.8. The molecule has 6 heteroatoms. The predicted molar refractivity (Wildman–Crippen MR) is 63.0 cm³/mol. The fraction of sp³-hybridized carbons (Fsp3) is 0.0833. The van der Waals surface area contributed by atoms with Crippen molar-refractivity contribution in [1.82, 2.24) is 9.97 Å². The van der Waals surface area contributed by atoms with Crippen molar-refractivity contribution in [3.8, 4) is 11.8 Å². The molecule has 0 bridgehead atoms. The van der Waals surface area contributed by atoms with Crippen LogP contribution in [0.3, 0.4) is 0 Å². The molecule has 0 atom stereocenters. The fourth-order valence-electron chi connectivity index (χ4n) is 1.39. The molecule has 0 unspecified atom stereocenters. The van der Waals surface area contributed by atoms with Gasteiger partial charge in [0.05, 0.1) is 7.11 Å². The van der Waals surface area contributed by atoms with E-state index in [0.717, 1.165) is 0 Å². The van der Waals surface area contributed by atoms with Crippen molar-refractivity contribution in [3.63, 3.8) is 0 Å². The van der Waals surface area contributed by atoms with Gasteiger partial charge >= 0.3 is 0 Å². The van der Waals surface area contributed by atoms with Gasteiger partial charge < -0.3 is 10.1 Å². The van der Waals surface area contributed by atoms with Crippen LogP contribution >= 0.6 is 0 Å². The normalized spacial score (nSPS) is 9.61. The second-order valence-corrected chi connectivity index (χ2v) is 3.34. The van der Waals surface area contributed by atoms with E-state index in [2.05, 4.69) is 15.3 Å². The highest BCUT2D eigenvalue weighted by atomic mass is 19.1. The van der Waals surface area contributed by atoms with Gasteiger partial charge in [-0.1, -0.05) is 0 Å². The molecule has 18 heavy (non-hydrogen) atoms. The van der Waals surface area contributed by atoms with Crippen LogP contribution in [0.15, 0.2) is 30.6 Å². The number of hydrogen-bond acceptors (Lipinski definition) is 5. The van der Waals surface area contributed by atoms with Crippen molar-refractivity contribution in [1.29, 1.82) is 5.26 Å². The summed E-state index contributed by atoms with van der Waals surface area (Å²) in [6.45, 7) is 0. The number of methoxy groups -OCH3 is 1. The number of halogens is 1. The molecule has 2 rings (SSSR count). The summed E-state index contributed by atoms with van der Waals surface area (Å²) in [6.07, 6.45) is 2.89. The van der Waals surface area contributed by atoms with E-state index < -0.39 is 5.82 Å². The summed E-state index contributed by atoms with van der Waals surface area (Å²) < 4.78 is 18.1. The Bertz CT molecular complexity index is 609. The summed E-state index contributed by atoms with van der Waals surface area (Å²) in [6, 6.07) is 6.18. The predicted octanol–water partition coefficient (Wildman–Crippen LogP) is 2.24. The van der Waals surface area contributed by atoms with Gasteiger partial charge in [0.15, 0.2) is 23.1 Å². The van der Waals surface area contributed by atoms with Crippen molar-refractivity contribution < 1.29 is 9.13 Å². The quantitative estimate of drug-likeness (QED) is 0.896. The molecule has 0 spiro atoms. The number of nitrogens with one attached hydrogen (secondary N) is 1. The summed E-state index contributed by atoms with van der Waals surface area (Å²) >= 11 is 0. The van der Waals surface area contributed by atoms with E-state index in [0.29, 0.717) is 11.5 Å². The number of ether oxygens (including phenoxy) is 1. The molecule has 0 fully saturated rings. The minimum Gasteiger partial charge on any atom is -0.494 e. The average Bonchev–Trinajstić information content (AvgIpc) is 2.41. The van der Waals surface area contributed by atoms with Crippen molar-refractivity contribution in [2.75, 3.05) is 12.4 Å². The fourth-order valence-corrected chi connectivity index (χ4v) is 1.39. The van der Waals surface area contributed by atoms with E-state index in [9.17, 15) is 4.39 Å². The number of aromatic nitrogens is 2. The van der Waals surface area contributed by atoms with Crippen LogP contribution in [0.4, 0.5) is 15.9 Å². The number of nitriles is 1. The molecule has 1 aromatic carbocycles. The summed E-state index contributed by atoms with van der Waals surface area (Å²) in [5.74, 6) is -0.0289. The van der Waals surface area contributed by atoms with Crippen LogP contribution in [-0.2, 0) is 0 Å². The molecule has 0 saturated heterocycles.